The number of benzene rings is 2. The highest BCUT2D eigenvalue weighted by atomic mass is 16.5. The van der Waals surface area contributed by atoms with Crippen LogP contribution in [0.5, 0.6) is 11.5 Å². The zero-order valence-electron chi connectivity index (χ0n) is 24.2. The molecule has 0 aliphatic heterocycles. The van der Waals surface area contributed by atoms with Gasteiger partial charge < -0.3 is 25.8 Å². The first-order valence-electron chi connectivity index (χ1n) is 12.9. The summed E-state index contributed by atoms with van der Waals surface area (Å²) in [6.07, 6.45) is 0. The first-order chi connectivity index (χ1) is 18.1. The van der Waals surface area contributed by atoms with Gasteiger partial charge in [-0.3, -0.25) is 14.4 Å². The molecule has 210 valence electrons. The number of carbonyl (C=O) groups excluding carboxylic acids is 3. The van der Waals surface area contributed by atoms with E-state index < -0.39 is 22.6 Å². The summed E-state index contributed by atoms with van der Waals surface area (Å²) >= 11 is 0. The van der Waals surface area contributed by atoms with Crippen LogP contribution in [0.2, 0.25) is 0 Å². The number of ketones is 1. The van der Waals surface area contributed by atoms with Gasteiger partial charge in [0.25, 0.3) is 5.91 Å². The second-order valence-corrected chi connectivity index (χ2v) is 11.4. The van der Waals surface area contributed by atoms with Crippen LogP contribution in [0.25, 0.3) is 0 Å². The largest absolute Gasteiger partial charge is 0.507 e. The molecule has 0 heterocycles. The quantitative estimate of drug-likeness (QED) is 0.413. The van der Waals surface area contributed by atoms with E-state index >= 15 is 0 Å². The lowest BCUT2D eigenvalue weighted by molar-refractivity contribution is -0.129. The smallest absolute Gasteiger partial charge is 0.254 e. The predicted molar refractivity (Wildman–Crippen MR) is 150 cm³/mol. The molecule has 0 fully saturated rings. The molecular formula is C30H40N4O5. The van der Waals surface area contributed by atoms with E-state index in [1.165, 1.54) is 18.0 Å². The number of nitrogens with two attached hydrogens (primary N) is 1. The molecule has 0 atom stereocenters. The minimum absolute atomic E-state index is 0.0882. The Labute approximate surface area is 230 Å². The molecule has 0 radical (unpaired) electrons. The lowest BCUT2D eigenvalue weighted by atomic mass is 9.78. The monoisotopic (exact) mass is 536 g/mol. The highest BCUT2D eigenvalue weighted by Gasteiger charge is 2.29. The molecule has 0 saturated heterocycles. The number of phenolic OH excluding ortho intramolecular Hbond substituents is 1. The number of nitrogens with zero attached hydrogens (tertiary/aromatic N) is 2. The van der Waals surface area contributed by atoms with Crippen molar-refractivity contribution >= 4 is 17.6 Å². The van der Waals surface area contributed by atoms with Gasteiger partial charge in [-0.05, 0) is 47.6 Å². The van der Waals surface area contributed by atoms with Crippen molar-refractivity contribution in [2.75, 3.05) is 26.7 Å². The zero-order valence-corrected chi connectivity index (χ0v) is 24.2. The Hall–Kier alpha value is -3.90. The summed E-state index contributed by atoms with van der Waals surface area (Å²) in [6, 6.07) is 8.37. The van der Waals surface area contributed by atoms with Gasteiger partial charge in [0, 0.05) is 30.3 Å². The normalized spacial score (nSPS) is 11.5. The number of nitrogens with one attached hydrogen (secondary N) is 1. The van der Waals surface area contributed by atoms with Crippen LogP contribution in [0.4, 0.5) is 0 Å². The molecule has 0 unspecified atom stereocenters. The Morgan fingerprint density at radius 2 is 1.62 bits per heavy atom. The van der Waals surface area contributed by atoms with E-state index in [0.29, 0.717) is 22.3 Å². The third-order valence-corrected chi connectivity index (χ3v) is 6.37. The number of nitriles is 1. The fourth-order valence-electron chi connectivity index (χ4n) is 4.21. The highest BCUT2D eigenvalue weighted by Crippen LogP contribution is 2.40. The maximum Gasteiger partial charge on any atom is 0.254 e. The van der Waals surface area contributed by atoms with Gasteiger partial charge in [0.1, 0.15) is 11.5 Å². The molecule has 0 aliphatic carbocycles. The standard InChI is InChI=1S/C30H40N4O5/c1-9-39-25-13-20(19(14-31)10-21(25)28(38)33-8)16-34(26(36)15-32)17-24(35)18-11-22(29(2,3)4)27(37)23(12-18)30(5,6)7/h10-13,37H,9,15-17,32H2,1-8H3,(H,33,38). The lowest BCUT2D eigenvalue weighted by Gasteiger charge is -2.28. The molecule has 4 N–H and O–H groups in total. The third-order valence-electron chi connectivity index (χ3n) is 6.37. The van der Waals surface area contributed by atoms with Gasteiger partial charge in [-0.25, -0.2) is 0 Å². The number of phenols is 1. The number of Topliss-reactive ketones (excluding diaryl/α,β-unsaturated/α-hetero) is 1. The van der Waals surface area contributed by atoms with Gasteiger partial charge >= 0.3 is 0 Å². The second-order valence-electron chi connectivity index (χ2n) is 11.4. The lowest BCUT2D eigenvalue weighted by Crippen LogP contribution is -2.39. The first-order valence-corrected chi connectivity index (χ1v) is 12.9. The van der Waals surface area contributed by atoms with E-state index in [-0.39, 0.29) is 54.7 Å². The van der Waals surface area contributed by atoms with Crippen LogP contribution in [0, 0.1) is 11.3 Å². The summed E-state index contributed by atoms with van der Waals surface area (Å²) in [7, 11) is 1.48. The van der Waals surface area contributed by atoms with Gasteiger partial charge in [-0.1, -0.05) is 41.5 Å². The molecule has 0 bridgehead atoms. The molecule has 2 aromatic carbocycles. The summed E-state index contributed by atoms with van der Waals surface area (Å²) < 4.78 is 5.63. The fraction of sp³-hybridized carbons (Fsp3) is 0.467. The Bertz CT molecular complexity index is 1260. The van der Waals surface area contributed by atoms with Crippen LogP contribution in [-0.2, 0) is 22.2 Å². The number of amides is 2. The van der Waals surface area contributed by atoms with Crippen LogP contribution >= 0.6 is 0 Å². The van der Waals surface area contributed by atoms with E-state index in [4.69, 9.17) is 10.5 Å². The summed E-state index contributed by atoms with van der Waals surface area (Å²) in [5.41, 5.74) is 7.22. The molecule has 0 spiro atoms. The van der Waals surface area contributed by atoms with Crippen molar-refractivity contribution in [3.8, 4) is 17.6 Å². The van der Waals surface area contributed by atoms with Crippen LogP contribution in [0.15, 0.2) is 24.3 Å². The van der Waals surface area contributed by atoms with Gasteiger partial charge in [0.2, 0.25) is 5.91 Å². The van der Waals surface area contributed by atoms with Crippen molar-refractivity contribution in [3.63, 3.8) is 0 Å². The van der Waals surface area contributed by atoms with Crippen molar-refractivity contribution in [2.24, 2.45) is 5.73 Å². The minimum atomic E-state index is -0.480. The second kappa shape index (κ2) is 12.3. The van der Waals surface area contributed by atoms with E-state index in [1.807, 2.05) is 41.5 Å². The summed E-state index contributed by atoms with van der Waals surface area (Å²) in [4.78, 5) is 40.1. The van der Waals surface area contributed by atoms with Crippen LogP contribution < -0.4 is 15.8 Å². The molecule has 2 rings (SSSR count). The van der Waals surface area contributed by atoms with Gasteiger partial charge in [-0.15, -0.1) is 0 Å². The minimum Gasteiger partial charge on any atom is -0.507 e. The Balaban J connectivity index is 2.57. The van der Waals surface area contributed by atoms with Crippen LogP contribution in [0.3, 0.4) is 0 Å². The van der Waals surface area contributed by atoms with Crippen molar-refractivity contribution < 1.29 is 24.2 Å². The number of ether oxygens (including phenoxy) is 1. The Kier molecular flexibility index (Phi) is 9.88. The average Bonchev–Trinajstić information content (AvgIpc) is 2.86. The number of hydrogen-bond donors (Lipinski definition) is 3. The van der Waals surface area contributed by atoms with Gasteiger partial charge in [0.15, 0.2) is 5.78 Å². The molecule has 9 nitrogen and oxygen atoms in total. The van der Waals surface area contributed by atoms with Crippen molar-refractivity contribution in [3.05, 3.63) is 57.6 Å². The third kappa shape index (κ3) is 7.36. The summed E-state index contributed by atoms with van der Waals surface area (Å²) in [6.45, 7) is 13.1. The molecule has 2 aromatic rings. The van der Waals surface area contributed by atoms with Gasteiger partial charge in [0.05, 0.1) is 36.9 Å². The summed E-state index contributed by atoms with van der Waals surface area (Å²) in [5.74, 6) is -0.812. The van der Waals surface area contributed by atoms with Crippen LogP contribution in [-0.4, -0.2) is 54.3 Å². The van der Waals surface area contributed by atoms with E-state index in [2.05, 4.69) is 11.4 Å². The topological polar surface area (TPSA) is 146 Å². The average molecular weight is 537 g/mol. The van der Waals surface area contributed by atoms with Crippen LogP contribution in [0.1, 0.15) is 91.4 Å². The summed E-state index contributed by atoms with van der Waals surface area (Å²) in [5, 5.41) is 23.3. The number of hydrogen-bond acceptors (Lipinski definition) is 7. The number of rotatable bonds is 9. The zero-order chi connectivity index (χ0) is 29.7. The fourth-order valence-corrected chi connectivity index (χ4v) is 4.21. The van der Waals surface area contributed by atoms with E-state index in [9.17, 15) is 24.8 Å². The molecular weight excluding hydrogens is 496 g/mol. The van der Waals surface area contributed by atoms with E-state index in [1.54, 1.807) is 25.1 Å². The molecule has 0 aromatic heterocycles. The maximum atomic E-state index is 13.6. The van der Waals surface area contributed by atoms with Crippen molar-refractivity contribution in [1.82, 2.24) is 10.2 Å². The number of carbonyl (C=O) groups is 3. The molecule has 39 heavy (non-hydrogen) atoms. The maximum absolute atomic E-state index is 13.6. The molecule has 9 heteroatoms. The predicted octanol–water partition coefficient (Wildman–Crippen LogP) is 3.79. The van der Waals surface area contributed by atoms with E-state index in [0.717, 1.165) is 0 Å². The molecule has 0 aliphatic rings. The Morgan fingerprint density at radius 1 is 1.05 bits per heavy atom. The number of aromatic hydroxyl groups is 1. The van der Waals surface area contributed by atoms with Gasteiger partial charge in [-0.2, -0.15) is 5.26 Å². The van der Waals surface area contributed by atoms with Crippen molar-refractivity contribution in [1.29, 1.82) is 5.26 Å². The first kappa shape index (κ1) is 31.3. The van der Waals surface area contributed by atoms with Crippen molar-refractivity contribution in [2.45, 2.75) is 65.8 Å². The SMILES string of the molecule is CCOc1cc(CN(CC(=O)c2cc(C(C)(C)C)c(O)c(C(C)(C)C)c2)C(=O)CN)c(C#N)cc1C(=O)NC. The Morgan fingerprint density at radius 3 is 2.05 bits per heavy atom. The molecule has 2 amide bonds. The highest BCUT2D eigenvalue weighted by molar-refractivity contribution is 6.00. The molecule has 0 saturated carbocycles.